The Morgan fingerprint density at radius 1 is 1.56 bits per heavy atom. The minimum Gasteiger partial charge on any atom is -0.325 e. The van der Waals surface area contributed by atoms with Crippen molar-refractivity contribution in [1.29, 1.82) is 5.26 Å². The molecule has 1 aromatic rings. The number of rotatable bonds is 2. The highest BCUT2D eigenvalue weighted by Gasteiger charge is 2.21. The van der Waals surface area contributed by atoms with Gasteiger partial charge in [0.1, 0.15) is 0 Å². The van der Waals surface area contributed by atoms with Gasteiger partial charge in [-0.3, -0.25) is 4.79 Å². The van der Waals surface area contributed by atoms with Crippen molar-refractivity contribution in [3.05, 3.63) is 29.8 Å². The maximum Gasteiger partial charge on any atom is 0.241 e. The highest BCUT2D eigenvalue weighted by atomic mass is 16.2. The van der Waals surface area contributed by atoms with Crippen molar-refractivity contribution in [1.82, 2.24) is 5.32 Å². The van der Waals surface area contributed by atoms with Crippen molar-refractivity contribution in [3.8, 4) is 6.07 Å². The summed E-state index contributed by atoms with van der Waals surface area (Å²) in [6.07, 6.45) is 1.92. The highest BCUT2D eigenvalue weighted by Crippen LogP contribution is 2.12. The summed E-state index contributed by atoms with van der Waals surface area (Å²) < 4.78 is 0. The lowest BCUT2D eigenvalue weighted by Gasteiger charge is -2.10. The van der Waals surface area contributed by atoms with Crippen LogP contribution in [0.2, 0.25) is 0 Å². The lowest BCUT2D eigenvalue weighted by molar-refractivity contribution is -0.117. The van der Waals surface area contributed by atoms with Crippen molar-refractivity contribution in [3.63, 3.8) is 0 Å². The minimum absolute atomic E-state index is 0.0208. The molecule has 1 aliphatic heterocycles. The number of nitriles is 1. The molecule has 1 aromatic carbocycles. The fraction of sp³-hybridized carbons (Fsp3) is 0.333. The van der Waals surface area contributed by atoms with Crippen LogP contribution in [-0.4, -0.2) is 18.5 Å². The van der Waals surface area contributed by atoms with Gasteiger partial charge in [-0.15, -0.1) is 0 Å². The van der Waals surface area contributed by atoms with E-state index >= 15 is 0 Å². The van der Waals surface area contributed by atoms with E-state index in [-0.39, 0.29) is 11.9 Å². The van der Waals surface area contributed by atoms with Crippen LogP contribution in [0.3, 0.4) is 0 Å². The molecule has 82 valence electrons. The van der Waals surface area contributed by atoms with Gasteiger partial charge in [0, 0.05) is 5.69 Å². The summed E-state index contributed by atoms with van der Waals surface area (Å²) in [7, 11) is 0. The van der Waals surface area contributed by atoms with Crippen LogP contribution in [0.5, 0.6) is 0 Å². The van der Waals surface area contributed by atoms with E-state index in [9.17, 15) is 4.79 Å². The Hall–Kier alpha value is -1.86. The Morgan fingerprint density at radius 2 is 2.44 bits per heavy atom. The van der Waals surface area contributed by atoms with E-state index in [2.05, 4.69) is 10.6 Å². The smallest absolute Gasteiger partial charge is 0.241 e. The molecule has 0 radical (unpaired) electrons. The molecule has 16 heavy (non-hydrogen) atoms. The molecule has 1 amide bonds. The molecule has 0 unspecified atom stereocenters. The summed E-state index contributed by atoms with van der Waals surface area (Å²) >= 11 is 0. The summed E-state index contributed by atoms with van der Waals surface area (Å²) in [5.41, 5.74) is 1.23. The topological polar surface area (TPSA) is 64.9 Å². The molecular weight excluding hydrogens is 202 g/mol. The van der Waals surface area contributed by atoms with Crippen LogP contribution in [0, 0.1) is 11.3 Å². The lowest BCUT2D eigenvalue weighted by atomic mass is 10.2. The number of nitrogens with zero attached hydrogens (tertiary/aromatic N) is 1. The van der Waals surface area contributed by atoms with Gasteiger partial charge in [-0.1, -0.05) is 6.07 Å². The van der Waals surface area contributed by atoms with Crippen molar-refractivity contribution < 1.29 is 4.79 Å². The third-order valence-corrected chi connectivity index (χ3v) is 2.64. The van der Waals surface area contributed by atoms with E-state index in [0.717, 1.165) is 19.4 Å². The maximum absolute atomic E-state index is 11.8. The second-order valence-electron chi connectivity index (χ2n) is 3.83. The SMILES string of the molecule is N#Cc1cccc(NC(=O)[C@@H]2CCCN2)c1. The first-order valence-electron chi connectivity index (χ1n) is 5.34. The summed E-state index contributed by atoms with van der Waals surface area (Å²) in [5, 5.41) is 14.7. The van der Waals surface area contributed by atoms with E-state index in [1.165, 1.54) is 0 Å². The Bertz CT molecular complexity index is 430. The molecule has 1 saturated heterocycles. The van der Waals surface area contributed by atoms with E-state index in [1.54, 1.807) is 24.3 Å². The highest BCUT2D eigenvalue weighted by molar-refractivity contribution is 5.95. The quantitative estimate of drug-likeness (QED) is 0.780. The first-order valence-corrected chi connectivity index (χ1v) is 5.34. The number of anilines is 1. The van der Waals surface area contributed by atoms with E-state index < -0.39 is 0 Å². The number of carbonyl (C=O) groups excluding carboxylic acids is 1. The lowest BCUT2D eigenvalue weighted by Crippen LogP contribution is -2.35. The van der Waals surface area contributed by atoms with Crippen LogP contribution in [-0.2, 0) is 4.79 Å². The van der Waals surface area contributed by atoms with E-state index in [4.69, 9.17) is 5.26 Å². The van der Waals surface area contributed by atoms with E-state index in [0.29, 0.717) is 11.3 Å². The molecule has 0 bridgehead atoms. The Morgan fingerprint density at radius 3 is 3.12 bits per heavy atom. The number of amides is 1. The predicted molar refractivity (Wildman–Crippen MR) is 60.8 cm³/mol. The first kappa shape index (κ1) is 10.7. The number of nitrogens with one attached hydrogen (secondary N) is 2. The van der Waals surface area contributed by atoms with Crippen LogP contribution < -0.4 is 10.6 Å². The Kier molecular flexibility index (Phi) is 3.18. The third-order valence-electron chi connectivity index (χ3n) is 2.64. The van der Waals surface area contributed by atoms with Gasteiger partial charge in [-0.2, -0.15) is 5.26 Å². The Balaban J connectivity index is 2.03. The summed E-state index contributed by atoms with van der Waals surface area (Å²) in [5.74, 6) is -0.0208. The number of hydrogen-bond donors (Lipinski definition) is 2. The zero-order valence-electron chi connectivity index (χ0n) is 8.86. The zero-order valence-corrected chi connectivity index (χ0v) is 8.86. The molecule has 1 heterocycles. The zero-order chi connectivity index (χ0) is 11.4. The number of hydrogen-bond acceptors (Lipinski definition) is 3. The van der Waals surface area contributed by atoms with Gasteiger partial charge < -0.3 is 10.6 Å². The van der Waals surface area contributed by atoms with Gasteiger partial charge in [0.25, 0.3) is 0 Å². The Labute approximate surface area is 94.3 Å². The van der Waals surface area contributed by atoms with Crippen molar-refractivity contribution in [2.45, 2.75) is 18.9 Å². The van der Waals surface area contributed by atoms with Crippen LogP contribution in [0.25, 0.3) is 0 Å². The second kappa shape index (κ2) is 4.77. The fourth-order valence-corrected chi connectivity index (χ4v) is 1.80. The first-order chi connectivity index (χ1) is 7.79. The molecule has 2 N–H and O–H groups in total. The van der Waals surface area contributed by atoms with Gasteiger partial charge in [-0.25, -0.2) is 0 Å². The second-order valence-corrected chi connectivity index (χ2v) is 3.83. The largest absolute Gasteiger partial charge is 0.325 e. The number of benzene rings is 1. The molecule has 0 aromatic heterocycles. The van der Waals surface area contributed by atoms with Crippen LogP contribution >= 0.6 is 0 Å². The van der Waals surface area contributed by atoms with Gasteiger partial charge >= 0.3 is 0 Å². The summed E-state index contributed by atoms with van der Waals surface area (Å²) in [6, 6.07) is 8.88. The molecule has 0 spiro atoms. The number of carbonyl (C=O) groups is 1. The minimum atomic E-state index is -0.0919. The molecule has 1 aliphatic rings. The molecule has 0 saturated carbocycles. The van der Waals surface area contributed by atoms with Crippen LogP contribution in [0.1, 0.15) is 18.4 Å². The van der Waals surface area contributed by atoms with Gasteiger partial charge in [-0.05, 0) is 37.6 Å². The maximum atomic E-state index is 11.8. The third kappa shape index (κ3) is 2.38. The molecule has 2 rings (SSSR count). The van der Waals surface area contributed by atoms with Gasteiger partial charge in [0.05, 0.1) is 17.7 Å². The molecule has 1 atom stereocenters. The van der Waals surface area contributed by atoms with Gasteiger partial charge in [0.15, 0.2) is 0 Å². The average Bonchev–Trinajstić information content (AvgIpc) is 2.83. The molecule has 0 aliphatic carbocycles. The van der Waals surface area contributed by atoms with Crippen molar-refractivity contribution >= 4 is 11.6 Å². The van der Waals surface area contributed by atoms with Gasteiger partial charge in [0.2, 0.25) is 5.91 Å². The molecular formula is C12H13N3O. The molecule has 1 fully saturated rings. The molecule has 4 heteroatoms. The normalized spacial score (nSPS) is 19.1. The predicted octanol–water partition coefficient (Wildman–Crippen LogP) is 1.25. The average molecular weight is 215 g/mol. The van der Waals surface area contributed by atoms with E-state index in [1.807, 2.05) is 6.07 Å². The van der Waals surface area contributed by atoms with Crippen LogP contribution in [0.4, 0.5) is 5.69 Å². The van der Waals surface area contributed by atoms with Crippen LogP contribution in [0.15, 0.2) is 24.3 Å². The van der Waals surface area contributed by atoms with Crippen molar-refractivity contribution in [2.75, 3.05) is 11.9 Å². The standard InChI is InChI=1S/C12H13N3O/c13-8-9-3-1-4-10(7-9)15-12(16)11-5-2-6-14-11/h1,3-4,7,11,14H,2,5-6H2,(H,15,16)/t11-/m0/s1. The monoisotopic (exact) mass is 215 g/mol. The van der Waals surface area contributed by atoms with Crippen molar-refractivity contribution in [2.24, 2.45) is 0 Å². The summed E-state index contributed by atoms with van der Waals surface area (Å²) in [6.45, 7) is 0.899. The molecule has 4 nitrogen and oxygen atoms in total. The fourth-order valence-electron chi connectivity index (χ4n) is 1.80. The summed E-state index contributed by atoms with van der Waals surface area (Å²) in [4.78, 5) is 11.8.